The van der Waals surface area contributed by atoms with Gasteiger partial charge >= 0.3 is 0 Å². The first kappa shape index (κ1) is 17.4. The molecule has 2 aromatic rings. The van der Waals surface area contributed by atoms with Crippen LogP contribution in [0.5, 0.6) is 17.2 Å². The fourth-order valence-electron chi connectivity index (χ4n) is 2.09. The van der Waals surface area contributed by atoms with Gasteiger partial charge in [-0.1, -0.05) is 30.9 Å². The molecule has 24 heavy (non-hydrogen) atoms. The number of hydrogen-bond acceptors (Lipinski definition) is 5. The standard InChI is InChI=1S/C19H22N2O3/c1-4-10-24-17-7-5-6-15(11-17)13-20-21-14-16-8-9-18(22-2)19(12-16)23-3/h4-9,11-13,21H,1,10,14H2,2-3H3/b20-13+. The summed E-state index contributed by atoms with van der Waals surface area (Å²) >= 11 is 0. The number of rotatable bonds is 9. The zero-order valence-corrected chi connectivity index (χ0v) is 14.0. The van der Waals surface area contributed by atoms with Crippen LogP contribution in [0.3, 0.4) is 0 Å². The maximum absolute atomic E-state index is 5.49. The molecule has 0 aliphatic rings. The Balaban J connectivity index is 1.91. The number of benzene rings is 2. The molecule has 0 aliphatic heterocycles. The molecule has 5 nitrogen and oxygen atoms in total. The fraction of sp³-hybridized carbons (Fsp3) is 0.211. The first-order chi connectivity index (χ1) is 11.8. The largest absolute Gasteiger partial charge is 0.493 e. The lowest BCUT2D eigenvalue weighted by Crippen LogP contribution is -2.06. The first-order valence-electron chi connectivity index (χ1n) is 7.57. The Bertz CT molecular complexity index is 699. The quantitative estimate of drug-likeness (QED) is 0.436. The van der Waals surface area contributed by atoms with Gasteiger partial charge in [0, 0.05) is 0 Å². The zero-order valence-electron chi connectivity index (χ0n) is 14.0. The van der Waals surface area contributed by atoms with E-state index in [0.717, 1.165) is 16.9 Å². The highest BCUT2D eigenvalue weighted by molar-refractivity contribution is 5.79. The van der Waals surface area contributed by atoms with Crippen molar-refractivity contribution in [3.05, 3.63) is 66.2 Å². The van der Waals surface area contributed by atoms with Gasteiger partial charge in [-0.2, -0.15) is 5.10 Å². The van der Waals surface area contributed by atoms with E-state index in [1.807, 2.05) is 42.5 Å². The maximum Gasteiger partial charge on any atom is 0.161 e. The molecule has 0 amide bonds. The van der Waals surface area contributed by atoms with Crippen molar-refractivity contribution < 1.29 is 14.2 Å². The molecule has 0 saturated heterocycles. The number of hydrogen-bond donors (Lipinski definition) is 1. The number of hydrazone groups is 1. The molecule has 0 saturated carbocycles. The predicted octanol–water partition coefficient (Wildman–Crippen LogP) is 3.39. The van der Waals surface area contributed by atoms with Gasteiger partial charge in [0.2, 0.25) is 0 Å². The Hall–Kier alpha value is -2.95. The van der Waals surface area contributed by atoms with Crippen LogP contribution in [0.25, 0.3) is 0 Å². The van der Waals surface area contributed by atoms with Crippen molar-refractivity contribution >= 4 is 6.21 Å². The molecule has 0 aromatic heterocycles. The monoisotopic (exact) mass is 326 g/mol. The third kappa shape index (κ3) is 5.05. The predicted molar refractivity (Wildman–Crippen MR) is 96.1 cm³/mol. The van der Waals surface area contributed by atoms with Crippen molar-refractivity contribution in [2.45, 2.75) is 6.54 Å². The highest BCUT2D eigenvalue weighted by atomic mass is 16.5. The van der Waals surface area contributed by atoms with Gasteiger partial charge < -0.3 is 19.6 Å². The molecule has 0 atom stereocenters. The molecular formula is C19H22N2O3. The van der Waals surface area contributed by atoms with Gasteiger partial charge in [0.05, 0.1) is 27.0 Å². The van der Waals surface area contributed by atoms with E-state index in [2.05, 4.69) is 17.1 Å². The second-order valence-electron chi connectivity index (χ2n) is 4.95. The normalized spacial score (nSPS) is 10.4. The highest BCUT2D eigenvalue weighted by Gasteiger charge is 2.03. The lowest BCUT2D eigenvalue weighted by atomic mass is 10.2. The molecule has 2 aromatic carbocycles. The molecule has 0 unspecified atom stereocenters. The van der Waals surface area contributed by atoms with Crippen molar-refractivity contribution in [3.8, 4) is 17.2 Å². The van der Waals surface area contributed by atoms with Crippen molar-refractivity contribution in [2.24, 2.45) is 5.10 Å². The summed E-state index contributed by atoms with van der Waals surface area (Å²) in [5.41, 5.74) is 5.02. The SMILES string of the molecule is C=CCOc1cccc(/C=N/NCc2ccc(OC)c(OC)c2)c1. The van der Waals surface area contributed by atoms with Gasteiger partial charge in [-0.05, 0) is 35.4 Å². The molecule has 0 bridgehead atoms. The summed E-state index contributed by atoms with van der Waals surface area (Å²) in [7, 11) is 3.24. The number of methoxy groups -OCH3 is 2. The van der Waals surface area contributed by atoms with E-state index in [9.17, 15) is 0 Å². The minimum Gasteiger partial charge on any atom is -0.493 e. The van der Waals surface area contributed by atoms with Crippen LogP contribution in [0.15, 0.2) is 60.2 Å². The number of nitrogens with zero attached hydrogens (tertiary/aromatic N) is 1. The van der Waals surface area contributed by atoms with Gasteiger partial charge in [0.1, 0.15) is 12.4 Å². The smallest absolute Gasteiger partial charge is 0.161 e. The fourth-order valence-corrected chi connectivity index (χ4v) is 2.09. The van der Waals surface area contributed by atoms with E-state index in [4.69, 9.17) is 14.2 Å². The van der Waals surface area contributed by atoms with E-state index in [1.54, 1.807) is 26.5 Å². The molecule has 1 N–H and O–H groups in total. The zero-order chi connectivity index (χ0) is 17.2. The molecule has 0 aliphatic carbocycles. The van der Waals surface area contributed by atoms with Crippen molar-refractivity contribution in [1.82, 2.24) is 5.43 Å². The summed E-state index contributed by atoms with van der Waals surface area (Å²) in [5, 5.41) is 4.23. The van der Waals surface area contributed by atoms with E-state index >= 15 is 0 Å². The molecular weight excluding hydrogens is 304 g/mol. The molecule has 5 heteroatoms. The minimum atomic E-state index is 0.484. The molecule has 0 fully saturated rings. The second-order valence-corrected chi connectivity index (χ2v) is 4.95. The first-order valence-corrected chi connectivity index (χ1v) is 7.57. The van der Waals surface area contributed by atoms with Crippen molar-refractivity contribution in [1.29, 1.82) is 0 Å². The summed E-state index contributed by atoms with van der Waals surface area (Å²) in [5.74, 6) is 2.20. The topological polar surface area (TPSA) is 52.1 Å². The Labute approximate surface area is 142 Å². The molecule has 0 spiro atoms. The Morgan fingerprint density at radius 3 is 2.67 bits per heavy atom. The van der Waals surface area contributed by atoms with E-state index in [-0.39, 0.29) is 0 Å². The number of ether oxygens (including phenoxy) is 3. The third-order valence-corrected chi connectivity index (χ3v) is 3.26. The lowest BCUT2D eigenvalue weighted by molar-refractivity contribution is 0.354. The minimum absolute atomic E-state index is 0.484. The maximum atomic E-state index is 5.49. The van der Waals surface area contributed by atoms with E-state index in [1.165, 1.54) is 0 Å². The second kappa shape index (κ2) is 9.25. The molecule has 126 valence electrons. The van der Waals surface area contributed by atoms with E-state index < -0.39 is 0 Å². The number of nitrogens with one attached hydrogen (secondary N) is 1. The van der Waals surface area contributed by atoms with Crippen LogP contribution in [0, 0.1) is 0 Å². The summed E-state index contributed by atoms with van der Waals surface area (Å²) in [6.07, 6.45) is 3.47. The van der Waals surface area contributed by atoms with E-state index in [0.29, 0.717) is 24.7 Å². The average Bonchev–Trinajstić information content (AvgIpc) is 2.63. The third-order valence-electron chi connectivity index (χ3n) is 3.26. The van der Waals surface area contributed by atoms with Crippen LogP contribution < -0.4 is 19.6 Å². The summed E-state index contributed by atoms with van der Waals surface area (Å²) in [6.45, 7) is 4.70. The summed E-state index contributed by atoms with van der Waals surface area (Å²) < 4.78 is 16.0. The Kier molecular flexibility index (Phi) is 6.71. The van der Waals surface area contributed by atoms with Gasteiger partial charge in [0.15, 0.2) is 11.5 Å². The van der Waals surface area contributed by atoms with Crippen molar-refractivity contribution in [3.63, 3.8) is 0 Å². The van der Waals surface area contributed by atoms with Crippen LogP contribution >= 0.6 is 0 Å². The van der Waals surface area contributed by atoms with Crippen LogP contribution in [-0.4, -0.2) is 27.0 Å². The highest BCUT2D eigenvalue weighted by Crippen LogP contribution is 2.27. The van der Waals surface area contributed by atoms with Crippen LogP contribution in [0.2, 0.25) is 0 Å². The van der Waals surface area contributed by atoms with Gasteiger partial charge in [-0.3, -0.25) is 0 Å². The van der Waals surface area contributed by atoms with Crippen LogP contribution in [0.4, 0.5) is 0 Å². The molecule has 0 radical (unpaired) electrons. The average molecular weight is 326 g/mol. The summed E-state index contributed by atoms with van der Waals surface area (Å²) in [4.78, 5) is 0. The van der Waals surface area contributed by atoms with Gasteiger partial charge in [0.25, 0.3) is 0 Å². The molecule has 0 heterocycles. The van der Waals surface area contributed by atoms with Crippen LogP contribution in [-0.2, 0) is 6.54 Å². The van der Waals surface area contributed by atoms with Crippen molar-refractivity contribution in [2.75, 3.05) is 20.8 Å². The lowest BCUT2D eigenvalue weighted by Gasteiger charge is -2.09. The Morgan fingerprint density at radius 2 is 1.92 bits per heavy atom. The van der Waals surface area contributed by atoms with Crippen LogP contribution in [0.1, 0.15) is 11.1 Å². The Morgan fingerprint density at radius 1 is 1.08 bits per heavy atom. The summed E-state index contributed by atoms with van der Waals surface area (Å²) in [6, 6.07) is 13.5. The molecule has 2 rings (SSSR count). The van der Waals surface area contributed by atoms with Gasteiger partial charge in [-0.15, -0.1) is 0 Å². The van der Waals surface area contributed by atoms with Gasteiger partial charge in [-0.25, -0.2) is 0 Å².